The first kappa shape index (κ1) is 19.8. The van der Waals surface area contributed by atoms with Crippen molar-refractivity contribution < 1.29 is 15.0 Å². The van der Waals surface area contributed by atoms with Crippen LogP contribution in [0.25, 0.3) is 0 Å². The number of hydrogen-bond donors (Lipinski definition) is 3. The van der Waals surface area contributed by atoms with Crippen LogP contribution in [0, 0.1) is 23.7 Å². The zero-order valence-corrected chi connectivity index (χ0v) is 17.3. The van der Waals surface area contributed by atoms with Crippen molar-refractivity contribution in [1.29, 1.82) is 0 Å². The topological polar surface area (TPSA) is 82.5 Å². The maximum atomic E-state index is 12.6. The number of aryl methyl sites for hydroxylation is 1. The molecule has 26 heavy (non-hydrogen) atoms. The molecule has 1 amide bonds. The summed E-state index contributed by atoms with van der Waals surface area (Å²) in [6, 6.07) is 0.113. The van der Waals surface area contributed by atoms with Gasteiger partial charge in [-0.3, -0.25) is 4.79 Å². The molecule has 2 aliphatic rings. The average molecular weight is 381 g/mol. The van der Waals surface area contributed by atoms with Crippen LogP contribution in [0.15, 0.2) is 0 Å². The van der Waals surface area contributed by atoms with E-state index in [0.717, 1.165) is 23.5 Å². The van der Waals surface area contributed by atoms with Gasteiger partial charge in [0.05, 0.1) is 23.4 Å². The molecule has 3 N–H and O–H groups in total. The van der Waals surface area contributed by atoms with Gasteiger partial charge < -0.3 is 15.5 Å². The third-order valence-corrected chi connectivity index (χ3v) is 7.85. The first-order chi connectivity index (χ1) is 12.1. The van der Waals surface area contributed by atoms with Gasteiger partial charge in [0.1, 0.15) is 0 Å². The Kier molecular flexibility index (Phi) is 5.23. The molecule has 146 valence electrons. The second-order valence-corrected chi connectivity index (χ2v) is 10.3. The maximum Gasteiger partial charge on any atom is 0.220 e. The Morgan fingerprint density at radius 2 is 2.12 bits per heavy atom. The second kappa shape index (κ2) is 6.88. The average Bonchev–Trinajstić information content (AvgIpc) is 2.93. The molecule has 0 unspecified atom stereocenters. The lowest BCUT2D eigenvalue weighted by Gasteiger charge is -2.58. The van der Waals surface area contributed by atoms with E-state index in [1.807, 2.05) is 27.7 Å². The highest BCUT2D eigenvalue weighted by Gasteiger charge is 2.59. The van der Waals surface area contributed by atoms with Crippen LogP contribution >= 0.6 is 11.3 Å². The summed E-state index contributed by atoms with van der Waals surface area (Å²) in [5.74, 6) is 0.214. The van der Waals surface area contributed by atoms with Crippen LogP contribution in [-0.2, 0) is 11.2 Å². The van der Waals surface area contributed by atoms with Gasteiger partial charge in [-0.05, 0) is 51.4 Å². The fourth-order valence-corrected chi connectivity index (χ4v) is 6.38. The third kappa shape index (κ3) is 3.10. The first-order valence-electron chi connectivity index (χ1n) is 9.66. The van der Waals surface area contributed by atoms with E-state index in [-0.39, 0.29) is 35.8 Å². The monoisotopic (exact) mass is 380 g/mol. The van der Waals surface area contributed by atoms with Gasteiger partial charge in [-0.25, -0.2) is 4.98 Å². The molecule has 0 aromatic carbocycles. The van der Waals surface area contributed by atoms with Crippen molar-refractivity contribution in [3.8, 4) is 0 Å². The van der Waals surface area contributed by atoms with Crippen molar-refractivity contribution in [2.45, 2.75) is 78.4 Å². The van der Waals surface area contributed by atoms with Gasteiger partial charge in [0.25, 0.3) is 0 Å². The van der Waals surface area contributed by atoms with Crippen LogP contribution in [0.5, 0.6) is 0 Å². The van der Waals surface area contributed by atoms with E-state index in [1.165, 1.54) is 4.88 Å². The number of aliphatic hydroxyl groups is 2. The molecule has 1 aromatic rings. The quantitative estimate of drug-likeness (QED) is 0.750. The summed E-state index contributed by atoms with van der Waals surface area (Å²) in [6.45, 7) is 10.2. The lowest BCUT2D eigenvalue weighted by Crippen LogP contribution is -2.57. The number of aromatic nitrogens is 1. The van der Waals surface area contributed by atoms with Crippen LogP contribution in [0.1, 0.15) is 68.5 Å². The van der Waals surface area contributed by atoms with Crippen LogP contribution in [-0.4, -0.2) is 39.9 Å². The zero-order valence-electron chi connectivity index (χ0n) is 16.5. The molecule has 0 aliphatic heterocycles. The Balaban J connectivity index is 2.04. The molecule has 6 heteroatoms. The smallest absolute Gasteiger partial charge is 0.220 e. The van der Waals surface area contributed by atoms with Crippen molar-refractivity contribution in [3.63, 3.8) is 0 Å². The number of aliphatic hydroxyl groups excluding tert-OH is 2. The highest BCUT2D eigenvalue weighted by molar-refractivity contribution is 7.11. The van der Waals surface area contributed by atoms with Gasteiger partial charge in [0.15, 0.2) is 0 Å². The molecule has 1 saturated carbocycles. The van der Waals surface area contributed by atoms with Crippen molar-refractivity contribution in [3.05, 3.63) is 15.6 Å². The van der Waals surface area contributed by atoms with E-state index in [9.17, 15) is 15.0 Å². The fourth-order valence-electron chi connectivity index (χ4n) is 5.33. The highest BCUT2D eigenvalue weighted by Crippen LogP contribution is 2.62. The minimum Gasteiger partial charge on any atom is -0.396 e. The Hall–Kier alpha value is -0.980. The zero-order chi connectivity index (χ0) is 19.3. The molecule has 1 heterocycles. The van der Waals surface area contributed by atoms with E-state index >= 15 is 0 Å². The number of amides is 1. The lowest BCUT2D eigenvalue weighted by atomic mass is 9.47. The van der Waals surface area contributed by atoms with Gasteiger partial charge >= 0.3 is 0 Å². The molecule has 2 aliphatic carbocycles. The molecular formula is C20H32N2O3S. The molecule has 0 radical (unpaired) electrons. The molecule has 1 aromatic heterocycles. The Morgan fingerprint density at radius 3 is 2.73 bits per heavy atom. The van der Waals surface area contributed by atoms with E-state index in [4.69, 9.17) is 4.98 Å². The maximum absolute atomic E-state index is 12.6. The number of nitrogens with zero attached hydrogens (tertiary/aromatic N) is 1. The standard InChI is InChI=1S/C20H32N2O3S/c1-11(2)21-17(25)8-13-18-14(26-12(3)22-18)9-15-19(13,4)7-6-16(24)20(15,5)10-23/h11,13,15-16,23-24H,6-10H2,1-5H3,(H,21,25)/t13-,15-,16-,19+,20+/m1/s1. The Bertz CT molecular complexity index is 689. The second-order valence-electron chi connectivity index (χ2n) is 9.00. The number of thiazole rings is 1. The van der Waals surface area contributed by atoms with E-state index < -0.39 is 11.5 Å². The van der Waals surface area contributed by atoms with Crippen LogP contribution in [0.2, 0.25) is 0 Å². The van der Waals surface area contributed by atoms with Crippen molar-refractivity contribution in [2.75, 3.05) is 6.61 Å². The normalized spacial score (nSPS) is 36.5. The predicted octanol–water partition coefficient (Wildman–Crippen LogP) is 2.78. The summed E-state index contributed by atoms with van der Waals surface area (Å²) in [4.78, 5) is 18.6. The molecular weight excluding hydrogens is 348 g/mol. The molecule has 0 bridgehead atoms. The number of nitrogens with one attached hydrogen (secondary N) is 1. The summed E-state index contributed by atoms with van der Waals surface area (Å²) in [6.07, 6.45) is 2.24. The molecule has 5 atom stereocenters. The van der Waals surface area contributed by atoms with Gasteiger partial charge in [-0.1, -0.05) is 13.8 Å². The number of fused-ring (bicyclic) bond motifs is 2. The summed E-state index contributed by atoms with van der Waals surface area (Å²) in [7, 11) is 0. The SMILES string of the molecule is Cc1nc2c(s1)C[C@H]1[C@](C)(CO)[C@H](O)CC[C@@]1(C)[C@@H]2CC(=O)NC(C)C. The summed E-state index contributed by atoms with van der Waals surface area (Å²) in [5.41, 5.74) is 0.371. The van der Waals surface area contributed by atoms with E-state index in [1.54, 1.807) is 11.3 Å². The molecule has 3 rings (SSSR count). The van der Waals surface area contributed by atoms with Gasteiger partial charge in [-0.2, -0.15) is 0 Å². The fraction of sp³-hybridized carbons (Fsp3) is 0.800. The van der Waals surface area contributed by atoms with E-state index in [0.29, 0.717) is 12.8 Å². The number of hydrogen-bond acceptors (Lipinski definition) is 5. The van der Waals surface area contributed by atoms with Gasteiger partial charge in [0.2, 0.25) is 5.91 Å². The van der Waals surface area contributed by atoms with Gasteiger partial charge in [0, 0.05) is 28.7 Å². The minimum absolute atomic E-state index is 0.0262. The van der Waals surface area contributed by atoms with E-state index in [2.05, 4.69) is 12.2 Å². The largest absolute Gasteiger partial charge is 0.396 e. The third-order valence-electron chi connectivity index (χ3n) is 6.84. The molecule has 1 fully saturated rings. The van der Waals surface area contributed by atoms with Crippen LogP contribution in [0.4, 0.5) is 0 Å². The Morgan fingerprint density at radius 1 is 1.42 bits per heavy atom. The van der Waals surface area contributed by atoms with Crippen LogP contribution < -0.4 is 5.32 Å². The molecule has 0 spiro atoms. The summed E-state index contributed by atoms with van der Waals surface area (Å²) in [5, 5.41) is 24.9. The predicted molar refractivity (Wildman–Crippen MR) is 103 cm³/mol. The molecule has 0 saturated heterocycles. The number of rotatable bonds is 4. The van der Waals surface area contributed by atoms with Crippen molar-refractivity contribution in [2.24, 2.45) is 16.7 Å². The minimum atomic E-state index is -0.546. The first-order valence-corrected chi connectivity index (χ1v) is 10.5. The number of carbonyl (C=O) groups excluding carboxylic acids is 1. The van der Waals surface area contributed by atoms with Crippen LogP contribution in [0.3, 0.4) is 0 Å². The van der Waals surface area contributed by atoms with Crippen molar-refractivity contribution >= 4 is 17.2 Å². The Labute approximate surface area is 160 Å². The summed E-state index contributed by atoms with van der Waals surface area (Å²) < 4.78 is 0. The molecule has 5 nitrogen and oxygen atoms in total. The summed E-state index contributed by atoms with van der Waals surface area (Å²) >= 11 is 1.70. The number of carbonyl (C=O) groups is 1. The highest BCUT2D eigenvalue weighted by atomic mass is 32.1. The van der Waals surface area contributed by atoms with Gasteiger partial charge in [-0.15, -0.1) is 11.3 Å². The lowest BCUT2D eigenvalue weighted by molar-refractivity contribution is -0.144. The van der Waals surface area contributed by atoms with Crippen molar-refractivity contribution in [1.82, 2.24) is 10.3 Å².